The van der Waals surface area contributed by atoms with Crippen LogP contribution < -0.4 is 0 Å². The maximum Gasteiger partial charge on any atom is 0.495 e. The lowest BCUT2D eigenvalue weighted by molar-refractivity contribution is -0.285. The number of pyridine rings is 1. The second-order valence-electron chi connectivity index (χ2n) is 4.24. The molecule has 1 aromatic rings. The Morgan fingerprint density at radius 1 is 1.05 bits per heavy atom. The molecule has 0 aliphatic rings. The molecule has 1 heterocycles. The van der Waals surface area contributed by atoms with Crippen LogP contribution in [0.3, 0.4) is 0 Å². The van der Waals surface area contributed by atoms with Crippen molar-refractivity contribution in [2.75, 3.05) is 0 Å². The van der Waals surface area contributed by atoms with E-state index in [1.807, 2.05) is 12.1 Å². The molecule has 0 saturated carbocycles. The smallest absolute Gasteiger partial charge is 0.265 e. The Morgan fingerprint density at radius 2 is 1.71 bits per heavy atom. The maximum absolute atomic E-state index is 11.7. The molecule has 0 fully saturated rings. The van der Waals surface area contributed by atoms with Gasteiger partial charge in [0.2, 0.25) is 0 Å². The second kappa shape index (κ2) is 8.23. The van der Waals surface area contributed by atoms with Gasteiger partial charge in [-0.05, 0) is 37.0 Å². The summed E-state index contributed by atoms with van der Waals surface area (Å²) in [4.78, 5) is 32.3. The van der Waals surface area contributed by atoms with Gasteiger partial charge in [-0.1, -0.05) is 6.42 Å². The van der Waals surface area contributed by atoms with E-state index < -0.39 is 18.1 Å². The normalized spacial score (nSPS) is 11.0. The van der Waals surface area contributed by atoms with Gasteiger partial charge in [0, 0.05) is 12.4 Å². The van der Waals surface area contributed by atoms with Gasteiger partial charge in [0.05, 0.1) is 6.42 Å². The number of hydrogen-bond acceptors (Lipinski definition) is 5. The fraction of sp³-hybridized carbons (Fsp3) is 0.462. The molecule has 5 nitrogen and oxygen atoms in total. The van der Waals surface area contributed by atoms with Crippen LogP contribution in [0.5, 0.6) is 0 Å². The molecule has 0 aliphatic carbocycles. The molecule has 0 radical (unpaired) electrons. The van der Waals surface area contributed by atoms with Crippen molar-refractivity contribution in [1.29, 1.82) is 0 Å². The van der Waals surface area contributed by atoms with Crippen LogP contribution in [0.1, 0.15) is 31.2 Å². The Bertz CT molecular complexity index is 462. The van der Waals surface area contributed by atoms with Gasteiger partial charge in [0.25, 0.3) is 0 Å². The van der Waals surface area contributed by atoms with Gasteiger partial charge in [-0.15, -0.1) is 0 Å². The van der Waals surface area contributed by atoms with E-state index in [0.29, 0.717) is 12.8 Å². The van der Waals surface area contributed by atoms with E-state index in [1.165, 1.54) is 0 Å². The van der Waals surface area contributed by atoms with Crippen molar-refractivity contribution in [3.63, 3.8) is 0 Å². The van der Waals surface area contributed by atoms with Crippen LogP contribution in [0.4, 0.5) is 13.2 Å². The molecule has 1 rings (SSSR count). The van der Waals surface area contributed by atoms with Crippen molar-refractivity contribution in [1.82, 2.24) is 4.98 Å². The summed E-state index contributed by atoms with van der Waals surface area (Å²) in [5.74, 6) is -3.55. The number of carbonyl (C=O) groups is 2. The van der Waals surface area contributed by atoms with E-state index in [2.05, 4.69) is 14.8 Å². The first kappa shape index (κ1) is 16.9. The number of rotatable bonds is 6. The van der Waals surface area contributed by atoms with Crippen molar-refractivity contribution in [3.05, 3.63) is 30.1 Å². The Labute approximate surface area is 119 Å². The number of halogens is 3. The van der Waals surface area contributed by atoms with Gasteiger partial charge >= 0.3 is 18.1 Å². The minimum atomic E-state index is -5.18. The number of unbranched alkanes of at least 4 members (excludes halogenated alkanes) is 2. The lowest BCUT2D eigenvalue weighted by atomic mass is 10.1. The third-order valence-electron chi connectivity index (χ3n) is 2.54. The molecule has 0 aliphatic heterocycles. The Hall–Kier alpha value is -2.12. The Morgan fingerprint density at radius 3 is 2.33 bits per heavy atom. The van der Waals surface area contributed by atoms with E-state index in [0.717, 1.165) is 18.4 Å². The predicted octanol–water partition coefficient (Wildman–Crippen LogP) is 2.75. The maximum atomic E-state index is 11.7. The summed E-state index contributed by atoms with van der Waals surface area (Å²) in [7, 11) is 0. The molecule has 0 N–H and O–H groups in total. The summed E-state index contributed by atoms with van der Waals surface area (Å²) >= 11 is 0. The standard InChI is InChI=1S/C13H14F3NO4/c14-13(15,16)12(19)21-20-11(18)5-3-1-2-4-10-6-8-17-9-7-10/h6-9H,1-5H2. The number of aromatic nitrogens is 1. The van der Waals surface area contributed by atoms with Gasteiger partial charge in [-0.2, -0.15) is 13.2 Å². The zero-order valence-corrected chi connectivity index (χ0v) is 11.1. The number of aryl methyl sites for hydroxylation is 1. The predicted molar refractivity (Wildman–Crippen MR) is 64.6 cm³/mol. The first-order chi connectivity index (χ1) is 9.89. The fourth-order valence-electron chi connectivity index (χ4n) is 1.50. The minimum absolute atomic E-state index is 0.110. The molecule has 0 unspecified atom stereocenters. The van der Waals surface area contributed by atoms with Crippen LogP contribution in [-0.4, -0.2) is 23.1 Å². The summed E-state index contributed by atoms with van der Waals surface area (Å²) < 4.78 is 35.2. The number of carbonyl (C=O) groups excluding carboxylic acids is 2. The van der Waals surface area contributed by atoms with Crippen molar-refractivity contribution in [3.8, 4) is 0 Å². The van der Waals surface area contributed by atoms with E-state index >= 15 is 0 Å². The molecule has 8 heteroatoms. The van der Waals surface area contributed by atoms with Crippen LogP contribution in [0.2, 0.25) is 0 Å². The average molecular weight is 305 g/mol. The molecule has 0 atom stereocenters. The van der Waals surface area contributed by atoms with E-state index in [4.69, 9.17) is 0 Å². The summed E-state index contributed by atoms with van der Waals surface area (Å²) in [6, 6.07) is 3.76. The van der Waals surface area contributed by atoms with Crippen LogP contribution in [-0.2, 0) is 25.8 Å². The Balaban J connectivity index is 2.07. The molecule has 116 valence electrons. The number of nitrogens with zero attached hydrogens (tertiary/aromatic N) is 1. The van der Waals surface area contributed by atoms with Crippen LogP contribution in [0.15, 0.2) is 24.5 Å². The van der Waals surface area contributed by atoms with Gasteiger partial charge in [-0.25, -0.2) is 19.4 Å². The summed E-state index contributed by atoms with van der Waals surface area (Å²) in [5.41, 5.74) is 1.12. The molecule has 0 amide bonds. The largest absolute Gasteiger partial charge is 0.495 e. The van der Waals surface area contributed by atoms with Crippen LogP contribution in [0.25, 0.3) is 0 Å². The second-order valence-corrected chi connectivity index (χ2v) is 4.24. The zero-order chi connectivity index (χ0) is 15.7. The highest BCUT2D eigenvalue weighted by Gasteiger charge is 2.43. The van der Waals surface area contributed by atoms with Gasteiger partial charge in [0.1, 0.15) is 0 Å². The minimum Gasteiger partial charge on any atom is -0.265 e. The van der Waals surface area contributed by atoms with Gasteiger partial charge in [0.15, 0.2) is 0 Å². The molecular weight excluding hydrogens is 291 g/mol. The van der Waals surface area contributed by atoms with E-state index in [9.17, 15) is 22.8 Å². The first-order valence-corrected chi connectivity index (χ1v) is 6.27. The Kier molecular flexibility index (Phi) is 6.64. The van der Waals surface area contributed by atoms with Crippen molar-refractivity contribution < 1.29 is 32.5 Å². The summed E-state index contributed by atoms with van der Waals surface area (Å²) in [6.45, 7) is 0. The quantitative estimate of drug-likeness (QED) is 0.459. The molecule has 0 spiro atoms. The van der Waals surface area contributed by atoms with Crippen molar-refractivity contribution >= 4 is 11.9 Å². The third-order valence-corrected chi connectivity index (χ3v) is 2.54. The lowest BCUT2D eigenvalue weighted by Gasteiger charge is -2.05. The van der Waals surface area contributed by atoms with Crippen LogP contribution in [0, 0.1) is 0 Å². The number of alkyl halides is 3. The van der Waals surface area contributed by atoms with E-state index in [1.54, 1.807) is 12.4 Å². The summed E-state index contributed by atoms with van der Waals surface area (Å²) in [6.07, 6.45) is 0.855. The molecule has 0 saturated heterocycles. The molecule has 0 aromatic carbocycles. The van der Waals surface area contributed by atoms with Gasteiger partial charge in [-0.3, -0.25) is 4.98 Å². The highest BCUT2D eigenvalue weighted by atomic mass is 19.4. The van der Waals surface area contributed by atoms with Gasteiger partial charge < -0.3 is 0 Å². The molecule has 0 bridgehead atoms. The number of hydrogen-bond donors (Lipinski definition) is 0. The molecule has 21 heavy (non-hydrogen) atoms. The average Bonchev–Trinajstić information content (AvgIpc) is 2.44. The molecule has 1 aromatic heterocycles. The lowest BCUT2D eigenvalue weighted by Crippen LogP contribution is -2.26. The topological polar surface area (TPSA) is 65.5 Å². The fourth-order valence-corrected chi connectivity index (χ4v) is 1.50. The highest BCUT2D eigenvalue weighted by Crippen LogP contribution is 2.16. The highest BCUT2D eigenvalue weighted by molar-refractivity contribution is 5.76. The monoisotopic (exact) mass is 305 g/mol. The molecular formula is C13H14F3NO4. The first-order valence-electron chi connectivity index (χ1n) is 6.27. The van der Waals surface area contributed by atoms with Crippen molar-refractivity contribution in [2.45, 2.75) is 38.3 Å². The zero-order valence-electron chi connectivity index (χ0n) is 11.1. The van der Waals surface area contributed by atoms with Crippen molar-refractivity contribution in [2.24, 2.45) is 0 Å². The summed E-state index contributed by atoms with van der Waals surface area (Å²) in [5, 5.41) is 0. The van der Waals surface area contributed by atoms with Crippen LogP contribution >= 0.6 is 0 Å². The third kappa shape index (κ3) is 7.28. The van der Waals surface area contributed by atoms with E-state index in [-0.39, 0.29) is 6.42 Å². The SMILES string of the molecule is O=C(CCCCCc1ccncc1)OOC(=O)C(F)(F)F.